The van der Waals surface area contributed by atoms with Crippen LogP contribution in [0.15, 0.2) is 48.7 Å². The Balaban J connectivity index is 1.76. The molecule has 0 saturated carbocycles. The lowest BCUT2D eigenvalue weighted by atomic mass is 10.1. The second kappa shape index (κ2) is 7.08. The Morgan fingerprint density at radius 3 is 2.58 bits per heavy atom. The number of benzene rings is 1. The first-order chi connectivity index (χ1) is 11.6. The highest BCUT2D eigenvalue weighted by Crippen LogP contribution is 2.20. The van der Waals surface area contributed by atoms with Crippen molar-refractivity contribution >= 4 is 17.5 Å². The highest BCUT2D eigenvalue weighted by molar-refractivity contribution is 5.60. The second-order valence-corrected chi connectivity index (χ2v) is 5.84. The first kappa shape index (κ1) is 15.9. The Kier molecular flexibility index (Phi) is 4.70. The number of hydrogen-bond acceptors (Lipinski definition) is 5. The number of hydrogen-bond donors (Lipinski definition) is 2. The summed E-state index contributed by atoms with van der Waals surface area (Å²) in [6.07, 6.45) is 1.79. The topological polar surface area (TPSA) is 62.7 Å². The third-order valence-corrected chi connectivity index (χ3v) is 3.66. The molecule has 0 saturated heterocycles. The highest BCUT2D eigenvalue weighted by Gasteiger charge is 2.05. The average Bonchev–Trinajstić information content (AvgIpc) is 2.56. The van der Waals surface area contributed by atoms with Crippen molar-refractivity contribution in [3.8, 4) is 0 Å². The van der Waals surface area contributed by atoms with Gasteiger partial charge >= 0.3 is 0 Å². The van der Waals surface area contributed by atoms with Crippen molar-refractivity contribution in [3.63, 3.8) is 0 Å². The number of nitrogens with zero attached hydrogens (tertiary/aromatic N) is 3. The van der Waals surface area contributed by atoms with Gasteiger partial charge in [-0.3, -0.25) is 4.98 Å². The van der Waals surface area contributed by atoms with Gasteiger partial charge in [0.25, 0.3) is 0 Å². The molecule has 0 unspecified atom stereocenters. The molecule has 0 amide bonds. The van der Waals surface area contributed by atoms with Crippen molar-refractivity contribution < 1.29 is 0 Å². The van der Waals surface area contributed by atoms with Gasteiger partial charge in [-0.05, 0) is 44.5 Å². The molecular weight excluding hydrogens is 298 g/mol. The predicted octanol–water partition coefficient (Wildman–Crippen LogP) is 4.15. The Bertz CT molecular complexity index is 830. The zero-order valence-electron chi connectivity index (χ0n) is 14.2. The van der Waals surface area contributed by atoms with Crippen LogP contribution in [0.5, 0.6) is 0 Å². The molecule has 122 valence electrons. The molecule has 5 heteroatoms. The van der Waals surface area contributed by atoms with E-state index in [0.717, 1.165) is 22.9 Å². The molecule has 1 aromatic carbocycles. The van der Waals surface area contributed by atoms with E-state index in [1.54, 1.807) is 6.20 Å². The maximum Gasteiger partial charge on any atom is 0.229 e. The van der Waals surface area contributed by atoms with Crippen LogP contribution in [0.2, 0.25) is 0 Å². The standard InChI is InChI=1S/C19H21N5/c1-13-7-8-17(14(2)10-13)23-19-22-15(3)11-18(24-19)21-12-16-6-4-5-9-20-16/h4-11H,12H2,1-3H3,(H2,21,22,23,24). The molecule has 3 rings (SSSR count). The SMILES string of the molecule is Cc1ccc(Nc2nc(C)cc(NCc3ccccn3)n2)c(C)c1. The third-order valence-electron chi connectivity index (χ3n) is 3.66. The van der Waals surface area contributed by atoms with E-state index < -0.39 is 0 Å². The maximum absolute atomic E-state index is 4.55. The zero-order chi connectivity index (χ0) is 16.9. The average molecular weight is 319 g/mol. The largest absolute Gasteiger partial charge is 0.364 e. The van der Waals surface area contributed by atoms with Crippen LogP contribution in [0.1, 0.15) is 22.5 Å². The first-order valence-electron chi connectivity index (χ1n) is 7.94. The molecule has 0 radical (unpaired) electrons. The minimum Gasteiger partial charge on any atom is -0.364 e. The van der Waals surface area contributed by atoms with Gasteiger partial charge in [-0.1, -0.05) is 23.8 Å². The summed E-state index contributed by atoms with van der Waals surface area (Å²) in [6, 6.07) is 14.1. The van der Waals surface area contributed by atoms with Crippen LogP contribution in [0.3, 0.4) is 0 Å². The summed E-state index contributed by atoms with van der Waals surface area (Å²) in [7, 11) is 0. The molecule has 0 fully saturated rings. The predicted molar refractivity (Wildman–Crippen MR) is 97.5 cm³/mol. The number of aromatic nitrogens is 3. The van der Waals surface area contributed by atoms with E-state index in [9.17, 15) is 0 Å². The second-order valence-electron chi connectivity index (χ2n) is 5.84. The van der Waals surface area contributed by atoms with Gasteiger partial charge in [-0.15, -0.1) is 0 Å². The molecule has 24 heavy (non-hydrogen) atoms. The summed E-state index contributed by atoms with van der Waals surface area (Å²) in [6.45, 7) is 6.74. The Morgan fingerprint density at radius 2 is 1.83 bits per heavy atom. The van der Waals surface area contributed by atoms with E-state index in [0.29, 0.717) is 12.5 Å². The van der Waals surface area contributed by atoms with Crippen molar-refractivity contribution in [2.75, 3.05) is 10.6 Å². The van der Waals surface area contributed by atoms with Crippen LogP contribution in [-0.2, 0) is 6.54 Å². The number of anilines is 3. The van der Waals surface area contributed by atoms with Crippen LogP contribution >= 0.6 is 0 Å². The minimum atomic E-state index is 0.588. The van der Waals surface area contributed by atoms with Gasteiger partial charge in [-0.2, -0.15) is 4.98 Å². The Morgan fingerprint density at radius 1 is 0.958 bits per heavy atom. The Labute approximate surface area is 142 Å². The fourth-order valence-corrected chi connectivity index (χ4v) is 2.47. The van der Waals surface area contributed by atoms with Crippen LogP contribution in [0, 0.1) is 20.8 Å². The lowest BCUT2D eigenvalue weighted by Crippen LogP contribution is -2.06. The maximum atomic E-state index is 4.55. The van der Waals surface area contributed by atoms with Crippen LogP contribution in [0.25, 0.3) is 0 Å². The van der Waals surface area contributed by atoms with Gasteiger partial charge in [0, 0.05) is 23.6 Å². The Hall–Kier alpha value is -2.95. The lowest BCUT2D eigenvalue weighted by Gasteiger charge is -2.11. The molecule has 3 aromatic rings. The summed E-state index contributed by atoms with van der Waals surface area (Å²) < 4.78 is 0. The van der Waals surface area contributed by atoms with Gasteiger partial charge in [0.15, 0.2) is 0 Å². The minimum absolute atomic E-state index is 0.588. The first-order valence-corrected chi connectivity index (χ1v) is 7.94. The molecule has 0 atom stereocenters. The summed E-state index contributed by atoms with van der Waals surface area (Å²) in [4.78, 5) is 13.3. The summed E-state index contributed by atoms with van der Waals surface area (Å²) in [5, 5.41) is 6.60. The smallest absolute Gasteiger partial charge is 0.229 e. The normalized spacial score (nSPS) is 10.5. The van der Waals surface area contributed by atoms with Crippen LogP contribution in [-0.4, -0.2) is 15.0 Å². The highest BCUT2D eigenvalue weighted by atomic mass is 15.1. The van der Waals surface area contributed by atoms with Gasteiger partial charge in [0.2, 0.25) is 5.95 Å². The van der Waals surface area contributed by atoms with Crippen molar-refractivity contribution in [2.24, 2.45) is 0 Å². The quantitative estimate of drug-likeness (QED) is 0.739. The fourth-order valence-electron chi connectivity index (χ4n) is 2.47. The number of pyridine rings is 1. The van der Waals surface area contributed by atoms with E-state index in [1.165, 1.54) is 11.1 Å². The monoisotopic (exact) mass is 319 g/mol. The molecule has 2 aromatic heterocycles. The van der Waals surface area contributed by atoms with Crippen LogP contribution < -0.4 is 10.6 Å². The molecule has 0 aliphatic heterocycles. The van der Waals surface area contributed by atoms with E-state index in [4.69, 9.17) is 0 Å². The van der Waals surface area contributed by atoms with Gasteiger partial charge < -0.3 is 10.6 Å². The third kappa shape index (κ3) is 4.07. The molecular formula is C19H21N5. The zero-order valence-corrected chi connectivity index (χ0v) is 14.2. The van der Waals surface area contributed by atoms with Crippen molar-refractivity contribution in [3.05, 3.63) is 71.2 Å². The van der Waals surface area contributed by atoms with Crippen molar-refractivity contribution in [1.29, 1.82) is 0 Å². The molecule has 2 heterocycles. The molecule has 0 aliphatic carbocycles. The van der Waals surface area contributed by atoms with E-state index in [2.05, 4.69) is 57.6 Å². The molecule has 2 N–H and O–H groups in total. The van der Waals surface area contributed by atoms with Crippen molar-refractivity contribution in [1.82, 2.24) is 15.0 Å². The number of nitrogens with one attached hydrogen (secondary N) is 2. The summed E-state index contributed by atoms with van der Waals surface area (Å²) >= 11 is 0. The van der Waals surface area contributed by atoms with E-state index in [1.807, 2.05) is 31.2 Å². The molecule has 0 bridgehead atoms. The van der Waals surface area contributed by atoms with E-state index >= 15 is 0 Å². The summed E-state index contributed by atoms with van der Waals surface area (Å²) in [5.41, 5.74) is 5.30. The molecule has 5 nitrogen and oxygen atoms in total. The van der Waals surface area contributed by atoms with Gasteiger partial charge in [-0.25, -0.2) is 4.98 Å². The number of aryl methyl sites for hydroxylation is 3. The fraction of sp³-hybridized carbons (Fsp3) is 0.211. The summed E-state index contributed by atoms with van der Waals surface area (Å²) in [5.74, 6) is 1.37. The number of rotatable bonds is 5. The van der Waals surface area contributed by atoms with Gasteiger partial charge in [0.05, 0.1) is 12.2 Å². The lowest BCUT2D eigenvalue weighted by molar-refractivity contribution is 1.01. The molecule has 0 spiro atoms. The van der Waals surface area contributed by atoms with Crippen LogP contribution in [0.4, 0.5) is 17.5 Å². The van der Waals surface area contributed by atoms with E-state index in [-0.39, 0.29) is 0 Å². The van der Waals surface area contributed by atoms with Gasteiger partial charge in [0.1, 0.15) is 5.82 Å². The molecule has 0 aliphatic rings. The van der Waals surface area contributed by atoms with Crippen molar-refractivity contribution in [2.45, 2.75) is 27.3 Å².